The Kier molecular flexibility index (Phi) is 2.63. The Labute approximate surface area is 75.7 Å². The fourth-order valence-electron chi connectivity index (χ4n) is 0.822. The number of hydrogen-bond donors (Lipinski definition) is 1. The minimum absolute atomic E-state index is 0.0237. The van der Waals surface area contributed by atoms with E-state index in [9.17, 15) is 13.2 Å². The van der Waals surface area contributed by atoms with Gasteiger partial charge in [-0.3, -0.25) is 0 Å². The van der Waals surface area contributed by atoms with Crippen molar-refractivity contribution in [1.82, 2.24) is 0 Å². The molecule has 1 aromatic carbocycles. The lowest BCUT2D eigenvalue weighted by molar-refractivity contribution is 0.570. The zero-order chi connectivity index (χ0) is 9.90. The molecule has 1 rings (SSSR count). The van der Waals surface area contributed by atoms with Gasteiger partial charge in [0, 0.05) is 6.08 Å². The lowest BCUT2D eigenvalue weighted by Gasteiger charge is -1.96. The van der Waals surface area contributed by atoms with E-state index in [2.05, 4.69) is 0 Å². The summed E-state index contributed by atoms with van der Waals surface area (Å²) in [6, 6.07) is 5.62. The van der Waals surface area contributed by atoms with Gasteiger partial charge in [0.2, 0.25) is 10.0 Å². The van der Waals surface area contributed by atoms with Gasteiger partial charge in [0.05, 0.1) is 4.90 Å². The van der Waals surface area contributed by atoms with Crippen LogP contribution in [0.25, 0.3) is 6.08 Å². The second-order valence-corrected chi connectivity index (χ2v) is 3.94. The van der Waals surface area contributed by atoms with E-state index in [1.165, 1.54) is 30.3 Å². The van der Waals surface area contributed by atoms with E-state index in [4.69, 9.17) is 5.14 Å². The molecule has 0 atom stereocenters. The van der Waals surface area contributed by atoms with Gasteiger partial charge in [-0.2, -0.15) is 0 Å². The Morgan fingerprint density at radius 3 is 2.15 bits per heavy atom. The quantitative estimate of drug-likeness (QED) is 0.687. The number of sulfonamides is 1. The Morgan fingerprint density at radius 2 is 1.77 bits per heavy atom. The summed E-state index contributed by atoms with van der Waals surface area (Å²) >= 11 is 0. The van der Waals surface area contributed by atoms with E-state index in [-0.39, 0.29) is 4.90 Å². The first-order chi connectivity index (χ1) is 6.04. The van der Waals surface area contributed by atoms with Crippen molar-refractivity contribution in [2.75, 3.05) is 0 Å². The number of hydrogen-bond acceptors (Lipinski definition) is 3. The van der Waals surface area contributed by atoms with Crippen LogP contribution in [-0.2, 0) is 14.8 Å². The molecule has 0 aliphatic rings. The van der Waals surface area contributed by atoms with Gasteiger partial charge in [0.1, 0.15) is 5.94 Å². The Balaban J connectivity index is 3.15. The van der Waals surface area contributed by atoms with Crippen LogP contribution in [0.4, 0.5) is 0 Å². The van der Waals surface area contributed by atoms with E-state index < -0.39 is 10.0 Å². The number of nitrogens with two attached hydrogens (primary N) is 1. The molecule has 4 nitrogen and oxygen atoms in total. The first kappa shape index (κ1) is 9.67. The highest BCUT2D eigenvalue weighted by Crippen LogP contribution is 2.08. The fraction of sp³-hybridized carbons (Fsp3) is 0. The molecular weight excluding hydrogens is 190 g/mol. The average Bonchev–Trinajstić information content (AvgIpc) is 2.04. The van der Waals surface area contributed by atoms with E-state index in [0.29, 0.717) is 5.56 Å². The standard InChI is InChI=1S/C8H7NO3S/c9-13(11,12)8-3-1-7(2-4-8)5-6-10/h1-5H,(H2,9,11,12). The van der Waals surface area contributed by atoms with Crippen LogP contribution in [0.5, 0.6) is 0 Å². The van der Waals surface area contributed by atoms with Gasteiger partial charge in [0.25, 0.3) is 0 Å². The Bertz CT molecular complexity index is 441. The molecular formula is C8H7NO3S. The molecule has 0 bridgehead atoms. The second kappa shape index (κ2) is 3.53. The predicted octanol–water partition coefficient (Wildman–Crippen LogP) is 0.179. The van der Waals surface area contributed by atoms with E-state index in [1.807, 2.05) is 0 Å². The fourth-order valence-corrected chi connectivity index (χ4v) is 1.34. The first-order valence-corrected chi connectivity index (χ1v) is 4.92. The van der Waals surface area contributed by atoms with Gasteiger partial charge < -0.3 is 0 Å². The summed E-state index contributed by atoms with van der Waals surface area (Å²) in [6.45, 7) is 0. The Morgan fingerprint density at radius 1 is 1.23 bits per heavy atom. The summed E-state index contributed by atoms with van der Waals surface area (Å²) < 4.78 is 21.6. The highest BCUT2D eigenvalue weighted by molar-refractivity contribution is 7.89. The molecule has 0 heterocycles. The smallest absolute Gasteiger partial charge is 0.233 e. The van der Waals surface area contributed by atoms with Crippen LogP contribution in [0.1, 0.15) is 5.56 Å². The van der Waals surface area contributed by atoms with Crippen LogP contribution in [0.15, 0.2) is 29.2 Å². The summed E-state index contributed by atoms with van der Waals surface area (Å²) in [5.74, 6) is 1.59. The van der Waals surface area contributed by atoms with Crippen LogP contribution >= 0.6 is 0 Å². The molecule has 0 aromatic heterocycles. The van der Waals surface area contributed by atoms with Crippen molar-refractivity contribution in [1.29, 1.82) is 0 Å². The number of rotatable bonds is 2. The zero-order valence-corrected chi connectivity index (χ0v) is 7.41. The van der Waals surface area contributed by atoms with Gasteiger partial charge in [-0.15, -0.1) is 0 Å². The molecule has 0 unspecified atom stereocenters. The number of carbonyl (C=O) groups excluding carboxylic acids is 1. The molecule has 68 valence electrons. The molecule has 0 aliphatic heterocycles. The molecule has 13 heavy (non-hydrogen) atoms. The van der Waals surface area contributed by atoms with Gasteiger partial charge >= 0.3 is 0 Å². The maximum atomic E-state index is 10.8. The van der Waals surface area contributed by atoms with Crippen molar-refractivity contribution in [3.63, 3.8) is 0 Å². The minimum atomic E-state index is -3.65. The average molecular weight is 197 g/mol. The van der Waals surface area contributed by atoms with Gasteiger partial charge in [-0.25, -0.2) is 18.4 Å². The third-order valence-electron chi connectivity index (χ3n) is 1.43. The monoisotopic (exact) mass is 197 g/mol. The van der Waals surface area contributed by atoms with Crippen molar-refractivity contribution < 1.29 is 13.2 Å². The van der Waals surface area contributed by atoms with Crippen molar-refractivity contribution in [3.05, 3.63) is 29.8 Å². The third kappa shape index (κ3) is 2.52. The largest absolute Gasteiger partial charge is 0.238 e. The van der Waals surface area contributed by atoms with Crippen LogP contribution in [0, 0.1) is 0 Å². The van der Waals surface area contributed by atoms with Gasteiger partial charge in [0.15, 0.2) is 0 Å². The SMILES string of the molecule is NS(=O)(=O)c1ccc(C=C=O)cc1. The van der Waals surface area contributed by atoms with E-state index >= 15 is 0 Å². The van der Waals surface area contributed by atoms with Gasteiger partial charge in [-0.05, 0) is 17.7 Å². The summed E-state index contributed by atoms with van der Waals surface area (Å²) in [4.78, 5) is 9.96. The highest BCUT2D eigenvalue weighted by atomic mass is 32.2. The van der Waals surface area contributed by atoms with Gasteiger partial charge in [-0.1, -0.05) is 12.1 Å². The highest BCUT2D eigenvalue weighted by Gasteiger charge is 2.05. The summed E-state index contributed by atoms with van der Waals surface area (Å²) in [5.41, 5.74) is 0.586. The second-order valence-electron chi connectivity index (χ2n) is 2.38. The molecule has 5 heteroatoms. The van der Waals surface area contributed by atoms with Crippen LogP contribution < -0.4 is 5.14 Å². The van der Waals surface area contributed by atoms with E-state index in [1.54, 1.807) is 5.94 Å². The normalized spacial score (nSPS) is 10.5. The maximum absolute atomic E-state index is 10.8. The molecule has 0 amide bonds. The topological polar surface area (TPSA) is 77.2 Å². The van der Waals surface area contributed by atoms with Crippen molar-refractivity contribution in [2.24, 2.45) is 5.14 Å². The molecule has 0 saturated heterocycles. The molecule has 1 aromatic rings. The van der Waals surface area contributed by atoms with E-state index in [0.717, 1.165) is 0 Å². The third-order valence-corrected chi connectivity index (χ3v) is 2.36. The molecule has 0 radical (unpaired) electrons. The van der Waals surface area contributed by atoms with Crippen molar-refractivity contribution >= 4 is 22.0 Å². The zero-order valence-electron chi connectivity index (χ0n) is 6.60. The van der Waals surface area contributed by atoms with Crippen LogP contribution in [0.3, 0.4) is 0 Å². The lowest BCUT2D eigenvalue weighted by Crippen LogP contribution is -2.11. The molecule has 0 spiro atoms. The predicted molar refractivity (Wildman–Crippen MR) is 48.0 cm³/mol. The van der Waals surface area contributed by atoms with Crippen LogP contribution in [-0.4, -0.2) is 14.4 Å². The molecule has 0 saturated carbocycles. The first-order valence-electron chi connectivity index (χ1n) is 3.38. The molecule has 0 aliphatic carbocycles. The van der Waals surface area contributed by atoms with Crippen LogP contribution in [0.2, 0.25) is 0 Å². The molecule has 0 fully saturated rings. The number of benzene rings is 1. The minimum Gasteiger partial charge on any atom is -0.233 e. The lowest BCUT2D eigenvalue weighted by atomic mass is 10.2. The maximum Gasteiger partial charge on any atom is 0.238 e. The van der Waals surface area contributed by atoms with Crippen molar-refractivity contribution in [2.45, 2.75) is 4.90 Å². The summed E-state index contributed by atoms with van der Waals surface area (Å²) in [7, 11) is -3.65. The number of primary sulfonamides is 1. The molecule has 2 N–H and O–H groups in total. The summed E-state index contributed by atoms with van der Waals surface area (Å²) in [6.07, 6.45) is 1.20. The Hall–Kier alpha value is -1.42. The van der Waals surface area contributed by atoms with Crippen molar-refractivity contribution in [3.8, 4) is 0 Å². The summed E-state index contributed by atoms with van der Waals surface area (Å²) in [5, 5.41) is 4.87.